The molecule has 8 heteroatoms. The molecule has 2 heterocycles. The lowest BCUT2D eigenvalue weighted by molar-refractivity contribution is -0.139. The molecule has 3 aliphatic rings. The fraction of sp³-hybridized carbons (Fsp3) is 0.385. The molecule has 5 rings (SSSR count). The molecule has 0 spiro atoms. The van der Waals surface area contributed by atoms with Gasteiger partial charge in [-0.1, -0.05) is 30.5 Å². The molecule has 0 radical (unpaired) electrons. The minimum atomic E-state index is -0.600. The Balaban J connectivity index is 1.24. The number of imide groups is 1. The van der Waals surface area contributed by atoms with Crippen molar-refractivity contribution >= 4 is 46.7 Å². The van der Waals surface area contributed by atoms with Crippen molar-refractivity contribution in [3.8, 4) is 5.75 Å². The molecule has 0 aromatic heterocycles. The largest absolute Gasteiger partial charge is 0.426 e. The van der Waals surface area contributed by atoms with Gasteiger partial charge in [0, 0.05) is 23.7 Å². The average molecular weight is 481 g/mol. The molecule has 0 unspecified atom stereocenters. The van der Waals surface area contributed by atoms with Crippen molar-refractivity contribution in [3.05, 3.63) is 53.1 Å². The maximum absolute atomic E-state index is 12.8. The molecule has 2 aromatic rings. The van der Waals surface area contributed by atoms with Crippen molar-refractivity contribution in [2.45, 2.75) is 39.0 Å². The van der Waals surface area contributed by atoms with Crippen LogP contribution in [0.4, 0.5) is 11.4 Å². The normalized spacial score (nSPS) is 24.5. The number of carbonyl (C=O) groups excluding carboxylic acids is 4. The van der Waals surface area contributed by atoms with Crippen LogP contribution in [0.25, 0.3) is 0 Å². The van der Waals surface area contributed by atoms with Crippen molar-refractivity contribution < 1.29 is 23.9 Å². The van der Waals surface area contributed by atoms with E-state index >= 15 is 0 Å². The Bertz CT molecular complexity index is 1150. The van der Waals surface area contributed by atoms with Crippen LogP contribution in [-0.2, 0) is 19.2 Å². The van der Waals surface area contributed by atoms with Gasteiger partial charge in [-0.15, -0.1) is 0 Å². The van der Waals surface area contributed by atoms with E-state index in [0.717, 1.165) is 31.2 Å². The van der Waals surface area contributed by atoms with Gasteiger partial charge in [0.05, 0.1) is 23.4 Å². The molecule has 1 aliphatic carbocycles. The Morgan fingerprint density at radius 3 is 2.18 bits per heavy atom. The highest BCUT2D eigenvalue weighted by Crippen LogP contribution is 2.40. The number of nitrogens with zero attached hydrogens (tertiary/aromatic N) is 2. The van der Waals surface area contributed by atoms with Crippen molar-refractivity contribution in [2.24, 2.45) is 17.8 Å². The number of ether oxygens (including phenoxy) is 1. The summed E-state index contributed by atoms with van der Waals surface area (Å²) >= 11 is 6.18. The van der Waals surface area contributed by atoms with Gasteiger partial charge in [0.2, 0.25) is 17.7 Å². The second kappa shape index (κ2) is 8.87. The number of hydrogen-bond donors (Lipinski definition) is 0. The molecule has 34 heavy (non-hydrogen) atoms. The molecule has 0 N–H and O–H groups in total. The number of carbonyl (C=O) groups is 4. The van der Waals surface area contributed by atoms with E-state index in [1.165, 1.54) is 4.90 Å². The van der Waals surface area contributed by atoms with E-state index in [0.29, 0.717) is 22.1 Å². The molecular formula is C26H25ClN2O5. The standard InChI is InChI=1S/C26H25ClN2O5/c1-15-6-7-18(13-22(15)27)28-14-16(12-23(28)30)26(33)34-19-10-8-17(9-11-19)29-24(31)20-4-2-3-5-21(20)25(29)32/h6-11,13,16,20-21H,2-5,12,14H2,1H3/t16-,20-,21-/m1/s1. The molecule has 0 bridgehead atoms. The van der Waals surface area contributed by atoms with E-state index in [-0.39, 0.29) is 42.5 Å². The molecule has 3 fully saturated rings. The summed E-state index contributed by atoms with van der Waals surface area (Å²) in [5, 5.41) is 0.561. The smallest absolute Gasteiger partial charge is 0.316 e. The average Bonchev–Trinajstić information content (AvgIpc) is 3.34. The van der Waals surface area contributed by atoms with Gasteiger partial charge in [-0.2, -0.15) is 0 Å². The first-order valence-corrected chi connectivity index (χ1v) is 12.0. The van der Waals surface area contributed by atoms with Gasteiger partial charge < -0.3 is 9.64 Å². The summed E-state index contributed by atoms with van der Waals surface area (Å²) in [5.74, 6) is -1.67. The first-order valence-electron chi connectivity index (χ1n) is 11.6. The number of fused-ring (bicyclic) bond motifs is 1. The van der Waals surface area contributed by atoms with Gasteiger partial charge in [0.25, 0.3) is 0 Å². The Hall–Kier alpha value is -3.19. The Morgan fingerprint density at radius 2 is 1.56 bits per heavy atom. The molecule has 3 amide bonds. The molecule has 2 saturated heterocycles. The Morgan fingerprint density at radius 1 is 0.941 bits per heavy atom. The van der Waals surface area contributed by atoms with Crippen LogP contribution in [0, 0.1) is 24.7 Å². The number of hydrogen-bond acceptors (Lipinski definition) is 5. The zero-order valence-electron chi connectivity index (χ0n) is 18.8. The van der Waals surface area contributed by atoms with E-state index < -0.39 is 11.9 Å². The van der Waals surface area contributed by atoms with Crippen LogP contribution in [0.15, 0.2) is 42.5 Å². The number of aryl methyl sites for hydroxylation is 1. The fourth-order valence-electron chi connectivity index (χ4n) is 5.14. The Kier molecular flexibility index (Phi) is 5.90. The van der Waals surface area contributed by atoms with Gasteiger partial charge in [0.15, 0.2) is 0 Å². The summed E-state index contributed by atoms with van der Waals surface area (Å²) in [6.45, 7) is 2.10. The molecule has 2 aromatic carbocycles. The SMILES string of the molecule is Cc1ccc(N2C[C@H](C(=O)Oc3ccc(N4C(=O)[C@@H]5CCCC[C@H]5C4=O)cc3)CC2=O)cc1Cl. The van der Waals surface area contributed by atoms with E-state index in [1.54, 1.807) is 35.2 Å². The Labute approximate surface area is 202 Å². The number of rotatable bonds is 4. The zero-order chi connectivity index (χ0) is 24.0. The third-order valence-electron chi connectivity index (χ3n) is 7.08. The van der Waals surface area contributed by atoms with E-state index in [1.807, 2.05) is 19.1 Å². The van der Waals surface area contributed by atoms with Crippen molar-refractivity contribution in [1.29, 1.82) is 0 Å². The number of anilines is 2. The van der Waals surface area contributed by atoms with Gasteiger partial charge >= 0.3 is 5.97 Å². The monoisotopic (exact) mass is 480 g/mol. The maximum atomic E-state index is 12.8. The van der Waals surface area contributed by atoms with Gasteiger partial charge in [-0.3, -0.25) is 24.1 Å². The number of halogens is 1. The third-order valence-corrected chi connectivity index (χ3v) is 7.49. The summed E-state index contributed by atoms with van der Waals surface area (Å²) in [6, 6.07) is 11.8. The fourth-order valence-corrected chi connectivity index (χ4v) is 5.32. The van der Waals surface area contributed by atoms with E-state index in [2.05, 4.69) is 0 Å². The second-order valence-electron chi connectivity index (χ2n) is 9.26. The van der Waals surface area contributed by atoms with Crippen LogP contribution < -0.4 is 14.5 Å². The molecule has 176 valence electrons. The van der Waals surface area contributed by atoms with Crippen molar-refractivity contribution in [1.82, 2.24) is 0 Å². The van der Waals surface area contributed by atoms with Crippen LogP contribution >= 0.6 is 11.6 Å². The highest BCUT2D eigenvalue weighted by molar-refractivity contribution is 6.31. The lowest BCUT2D eigenvalue weighted by atomic mass is 9.81. The number of benzene rings is 2. The number of esters is 1. The number of amides is 3. The van der Waals surface area contributed by atoms with Crippen LogP contribution in [0.1, 0.15) is 37.7 Å². The minimum absolute atomic E-state index is 0.0575. The van der Waals surface area contributed by atoms with Crippen LogP contribution in [-0.4, -0.2) is 30.2 Å². The lowest BCUT2D eigenvalue weighted by Gasteiger charge is -2.19. The second-order valence-corrected chi connectivity index (χ2v) is 9.67. The van der Waals surface area contributed by atoms with Crippen LogP contribution in [0.2, 0.25) is 5.02 Å². The van der Waals surface area contributed by atoms with E-state index in [4.69, 9.17) is 16.3 Å². The van der Waals surface area contributed by atoms with Crippen LogP contribution in [0.3, 0.4) is 0 Å². The highest BCUT2D eigenvalue weighted by Gasteiger charge is 2.48. The summed E-state index contributed by atoms with van der Waals surface area (Å²) in [4.78, 5) is 53.6. The van der Waals surface area contributed by atoms with Gasteiger partial charge in [-0.05, 0) is 61.7 Å². The molecule has 1 saturated carbocycles. The molecule has 3 atom stereocenters. The minimum Gasteiger partial charge on any atom is -0.426 e. The zero-order valence-corrected chi connectivity index (χ0v) is 19.6. The van der Waals surface area contributed by atoms with Crippen molar-refractivity contribution in [3.63, 3.8) is 0 Å². The predicted octanol–water partition coefficient (Wildman–Crippen LogP) is 4.29. The molecular weight excluding hydrogens is 456 g/mol. The quantitative estimate of drug-likeness (QED) is 0.370. The predicted molar refractivity (Wildman–Crippen MR) is 127 cm³/mol. The molecule has 7 nitrogen and oxygen atoms in total. The summed E-state index contributed by atoms with van der Waals surface area (Å²) in [6.07, 6.45) is 3.52. The van der Waals surface area contributed by atoms with Gasteiger partial charge in [-0.25, -0.2) is 0 Å². The third kappa shape index (κ3) is 3.98. The summed E-state index contributed by atoms with van der Waals surface area (Å²) in [7, 11) is 0. The first-order chi connectivity index (χ1) is 16.3. The van der Waals surface area contributed by atoms with E-state index in [9.17, 15) is 19.2 Å². The lowest BCUT2D eigenvalue weighted by Crippen LogP contribution is -2.30. The maximum Gasteiger partial charge on any atom is 0.316 e. The van der Waals surface area contributed by atoms with Crippen molar-refractivity contribution in [2.75, 3.05) is 16.3 Å². The topological polar surface area (TPSA) is 84.0 Å². The molecule has 2 aliphatic heterocycles. The van der Waals surface area contributed by atoms with Gasteiger partial charge in [0.1, 0.15) is 5.75 Å². The van der Waals surface area contributed by atoms with Crippen LogP contribution in [0.5, 0.6) is 5.75 Å². The summed E-state index contributed by atoms with van der Waals surface area (Å²) < 4.78 is 5.51. The summed E-state index contributed by atoms with van der Waals surface area (Å²) in [5.41, 5.74) is 2.05. The first kappa shape index (κ1) is 22.6. The highest BCUT2D eigenvalue weighted by atomic mass is 35.5.